The fraction of sp³-hybridized carbons (Fsp3) is 0.556. The summed E-state index contributed by atoms with van der Waals surface area (Å²) in [4.78, 5) is 49.7. The van der Waals surface area contributed by atoms with E-state index in [1.54, 1.807) is 13.8 Å². The van der Waals surface area contributed by atoms with Gasteiger partial charge in [0.05, 0.1) is 22.7 Å². The van der Waals surface area contributed by atoms with E-state index in [4.69, 9.17) is 9.47 Å². The number of rotatable bonds is 2. The van der Waals surface area contributed by atoms with Crippen molar-refractivity contribution in [3.63, 3.8) is 0 Å². The lowest BCUT2D eigenvalue weighted by Gasteiger charge is -2.33. The Hall–Kier alpha value is -1.89. The second kappa shape index (κ2) is 5.30. The second-order valence-electron chi connectivity index (χ2n) is 7.63. The predicted molar refractivity (Wildman–Crippen MR) is 87.6 cm³/mol. The molecule has 4 rings (SSSR count). The number of fused-ring (bicyclic) bond motifs is 2. The number of carbonyl (C=O) groups excluding carboxylic acids is 4. The fourth-order valence-electron chi connectivity index (χ4n) is 4.16. The topological polar surface area (TPSA) is 86.7 Å². The first kappa shape index (κ1) is 16.6. The summed E-state index contributed by atoms with van der Waals surface area (Å²) in [5, 5.41) is 0. The smallest absolute Gasteiger partial charge is 0.320 e. The lowest BCUT2D eigenvalue weighted by molar-refractivity contribution is -0.156. The van der Waals surface area contributed by atoms with Gasteiger partial charge in [0.25, 0.3) is 0 Å². The molecule has 25 heavy (non-hydrogen) atoms. The highest BCUT2D eigenvalue weighted by molar-refractivity contribution is 8.06. The standard InChI is InChI=1S/C18H18O6S/c1-17-7-9(3-5-11(17)13(19)23-15(17)21)25-10-4-6-12-14(20)24-16(22)18(12,2)8-10/h3-4,11-12H,5-8H2,1-2H3. The Balaban J connectivity index is 1.52. The van der Waals surface area contributed by atoms with Gasteiger partial charge in [-0.05, 0) is 49.3 Å². The molecule has 132 valence electrons. The molecule has 6 nitrogen and oxygen atoms in total. The molecule has 4 unspecified atom stereocenters. The molecule has 7 heteroatoms. The van der Waals surface area contributed by atoms with E-state index in [-0.39, 0.29) is 0 Å². The summed E-state index contributed by atoms with van der Waals surface area (Å²) in [5.74, 6) is -2.60. The van der Waals surface area contributed by atoms with Crippen LogP contribution in [0.3, 0.4) is 0 Å². The van der Waals surface area contributed by atoms with Crippen LogP contribution in [0.1, 0.15) is 39.5 Å². The van der Waals surface area contributed by atoms with Crippen molar-refractivity contribution in [1.29, 1.82) is 0 Å². The number of allylic oxidation sites excluding steroid dienone is 4. The average molecular weight is 362 g/mol. The van der Waals surface area contributed by atoms with Gasteiger partial charge in [0.15, 0.2) is 0 Å². The van der Waals surface area contributed by atoms with Crippen LogP contribution in [0.25, 0.3) is 0 Å². The molecule has 0 aromatic rings. The number of thioether (sulfide) groups is 1. The number of ether oxygens (including phenoxy) is 2. The molecule has 0 radical (unpaired) electrons. The van der Waals surface area contributed by atoms with Crippen molar-refractivity contribution in [3.05, 3.63) is 22.0 Å². The summed E-state index contributed by atoms with van der Waals surface area (Å²) in [6.45, 7) is 3.55. The van der Waals surface area contributed by atoms with Gasteiger partial charge < -0.3 is 9.47 Å². The number of hydrogen-bond acceptors (Lipinski definition) is 7. The van der Waals surface area contributed by atoms with E-state index in [0.29, 0.717) is 25.7 Å². The van der Waals surface area contributed by atoms with Crippen molar-refractivity contribution >= 4 is 35.6 Å². The first-order chi connectivity index (χ1) is 11.7. The maximum atomic E-state index is 12.1. The Morgan fingerprint density at radius 3 is 1.64 bits per heavy atom. The van der Waals surface area contributed by atoms with E-state index >= 15 is 0 Å². The molecule has 0 spiro atoms. The highest BCUT2D eigenvalue weighted by Crippen LogP contribution is 2.54. The minimum absolute atomic E-state index is 0.408. The Bertz CT molecular complexity index is 716. The van der Waals surface area contributed by atoms with Crippen LogP contribution in [0, 0.1) is 22.7 Å². The molecule has 0 aromatic carbocycles. The molecule has 2 heterocycles. The third kappa shape index (κ3) is 2.32. The fourth-order valence-corrected chi connectivity index (χ4v) is 5.60. The van der Waals surface area contributed by atoms with Crippen molar-refractivity contribution in [2.45, 2.75) is 39.5 Å². The molecule has 0 aromatic heterocycles. The van der Waals surface area contributed by atoms with Gasteiger partial charge in [-0.3, -0.25) is 19.2 Å². The largest absolute Gasteiger partial charge is 0.392 e. The predicted octanol–water partition coefficient (Wildman–Crippen LogP) is 2.49. The van der Waals surface area contributed by atoms with Gasteiger partial charge in [-0.2, -0.15) is 0 Å². The van der Waals surface area contributed by atoms with Crippen molar-refractivity contribution in [2.75, 3.05) is 0 Å². The second-order valence-corrected chi connectivity index (χ2v) is 8.88. The first-order valence-electron chi connectivity index (χ1n) is 8.32. The molecule has 2 saturated heterocycles. The van der Waals surface area contributed by atoms with Crippen molar-refractivity contribution in [1.82, 2.24) is 0 Å². The van der Waals surface area contributed by atoms with Crippen molar-refractivity contribution in [2.24, 2.45) is 22.7 Å². The number of carbonyl (C=O) groups is 4. The van der Waals surface area contributed by atoms with E-state index in [9.17, 15) is 19.2 Å². The third-order valence-corrected chi connectivity index (χ3v) is 7.08. The van der Waals surface area contributed by atoms with Gasteiger partial charge in [-0.1, -0.05) is 23.9 Å². The zero-order valence-electron chi connectivity index (χ0n) is 14.0. The van der Waals surface area contributed by atoms with E-state index in [1.165, 1.54) is 11.8 Å². The number of cyclic esters (lactones) is 4. The number of hydrogen-bond donors (Lipinski definition) is 0. The van der Waals surface area contributed by atoms with Gasteiger partial charge in [0, 0.05) is 0 Å². The molecular weight excluding hydrogens is 344 g/mol. The summed E-state index contributed by atoms with van der Waals surface area (Å²) < 4.78 is 9.63. The van der Waals surface area contributed by atoms with Crippen LogP contribution < -0.4 is 0 Å². The van der Waals surface area contributed by atoms with Crippen LogP contribution >= 0.6 is 11.8 Å². The van der Waals surface area contributed by atoms with Crippen LogP contribution in [0.5, 0.6) is 0 Å². The molecule has 2 aliphatic carbocycles. The van der Waals surface area contributed by atoms with Crippen LogP contribution in [0.4, 0.5) is 0 Å². The molecule has 0 N–H and O–H groups in total. The van der Waals surface area contributed by atoms with E-state index in [0.717, 1.165) is 9.81 Å². The van der Waals surface area contributed by atoms with Gasteiger partial charge in [-0.25, -0.2) is 0 Å². The molecule has 0 saturated carbocycles. The molecule has 0 amide bonds. The summed E-state index contributed by atoms with van der Waals surface area (Å²) in [6.07, 6.45) is 5.82. The maximum Gasteiger partial charge on any atom is 0.320 e. The van der Waals surface area contributed by atoms with E-state index in [2.05, 4.69) is 0 Å². The molecule has 2 fully saturated rings. The SMILES string of the molecule is CC12CC(SC3=CCC4C(=O)OC(=O)C4(C)C3)=CCC1C(=O)OC2=O. The zero-order chi connectivity index (χ0) is 18.0. The third-order valence-electron chi connectivity index (χ3n) is 5.93. The summed E-state index contributed by atoms with van der Waals surface area (Å²) >= 11 is 1.53. The Kier molecular flexibility index (Phi) is 3.51. The maximum absolute atomic E-state index is 12.1. The van der Waals surface area contributed by atoms with Crippen LogP contribution in [-0.4, -0.2) is 23.9 Å². The molecule has 4 atom stereocenters. The van der Waals surface area contributed by atoms with Crippen LogP contribution in [0.2, 0.25) is 0 Å². The van der Waals surface area contributed by atoms with Crippen molar-refractivity contribution < 1.29 is 28.7 Å². The first-order valence-corrected chi connectivity index (χ1v) is 9.14. The summed E-state index contributed by atoms with van der Waals surface area (Å²) in [7, 11) is 0. The quantitative estimate of drug-likeness (QED) is 0.551. The lowest BCUT2D eigenvalue weighted by Crippen LogP contribution is -2.34. The van der Waals surface area contributed by atoms with Crippen LogP contribution in [0.15, 0.2) is 22.0 Å². The van der Waals surface area contributed by atoms with Crippen LogP contribution in [-0.2, 0) is 28.7 Å². The lowest BCUT2D eigenvalue weighted by atomic mass is 9.71. The van der Waals surface area contributed by atoms with Gasteiger partial charge in [0.2, 0.25) is 0 Å². The number of esters is 4. The highest BCUT2D eigenvalue weighted by atomic mass is 32.2. The minimum Gasteiger partial charge on any atom is -0.392 e. The molecule has 2 aliphatic heterocycles. The Morgan fingerprint density at radius 1 is 0.840 bits per heavy atom. The van der Waals surface area contributed by atoms with Gasteiger partial charge in [0.1, 0.15) is 0 Å². The van der Waals surface area contributed by atoms with Gasteiger partial charge in [-0.15, -0.1) is 0 Å². The van der Waals surface area contributed by atoms with Gasteiger partial charge >= 0.3 is 23.9 Å². The van der Waals surface area contributed by atoms with E-state index < -0.39 is 46.5 Å². The monoisotopic (exact) mass is 362 g/mol. The Morgan fingerprint density at radius 2 is 1.24 bits per heavy atom. The average Bonchev–Trinajstić information content (AvgIpc) is 2.89. The zero-order valence-corrected chi connectivity index (χ0v) is 14.8. The molecule has 0 bridgehead atoms. The normalized spacial score (nSPS) is 40.1. The summed E-state index contributed by atoms with van der Waals surface area (Å²) in [5.41, 5.74) is -1.61. The van der Waals surface area contributed by atoms with Crippen molar-refractivity contribution in [3.8, 4) is 0 Å². The summed E-state index contributed by atoms with van der Waals surface area (Å²) in [6, 6.07) is 0. The molecular formula is C18H18O6S. The minimum atomic E-state index is -0.807. The van der Waals surface area contributed by atoms with E-state index in [1.807, 2.05) is 12.2 Å². The Labute approximate surface area is 149 Å². The highest BCUT2D eigenvalue weighted by Gasteiger charge is 2.57. The molecule has 4 aliphatic rings.